The van der Waals surface area contributed by atoms with Gasteiger partial charge >= 0.3 is 6.03 Å². The summed E-state index contributed by atoms with van der Waals surface area (Å²) in [5, 5.41) is 5.82. The Kier molecular flexibility index (Phi) is 4.62. The summed E-state index contributed by atoms with van der Waals surface area (Å²) in [6.07, 6.45) is 0. The van der Waals surface area contributed by atoms with Crippen LogP contribution < -0.4 is 10.6 Å². The monoisotopic (exact) mass is 356 g/mol. The van der Waals surface area contributed by atoms with E-state index in [4.69, 9.17) is 11.6 Å². The molecule has 0 saturated heterocycles. The van der Waals surface area contributed by atoms with Crippen LogP contribution in [0.5, 0.6) is 0 Å². The number of amides is 2. The van der Waals surface area contributed by atoms with E-state index in [0.29, 0.717) is 16.4 Å². The standard InChI is InChI=1S/C14H11BrClFN2O/c1-8-6-11(15)13(7-12(8)16)19-14(20)18-10-4-2-9(17)3-5-10/h2-7H,1H3,(H2,18,19,20). The van der Waals surface area contributed by atoms with Crippen LogP contribution >= 0.6 is 27.5 Å². The van der Waals surface area contributed by atoms with Crippen LogP contribution in [-0.4, -0.2) is 6.03 Å². The first-order valence-corrected chi connectivity index (χ1v) is 6.92. The van der Waals surface area contributed by atoms with Crippen molar-refractivity contribution in [3.63, 3.8) is 0 Å². The lowest BCUT2D eigenvalue weighted by molar-refractivity contribution is 0.262. The van der Waals surface area contributed by atoms with Crippen molar-refractivity contribution in [3.05, 3.63) is 57.3 Å². The largest absolute Gasteiger partial charge is 0.323 e. The molecule has 0 fully saturated rings. The molecule has 0 atom stereocenters. The van der Waals surface area contributed by atoms with E-state index in [2.05, 4.69) is 26.6 Å². The number of rotatable bonds is 2. The number of hydrogen-bond donors (Lipinski definition) is 2. The Bertz CT molecular complexity index is 646. The zero-order valence-electron chi connectivity index (χ0n) is 10.5. The van der Waals surface area contributed by atoms with Gasteiger partial charge in [0.25, 0.3) is 0 Å². The number of hydrogen-bond acceptors (Lipinski definition) is 1. The maximum absolute atomic E-state index is 12.8. The maximum atomic E-state index is 12.8. The summed E-state index contributed by atoms with van der Waals surface area (Å²) in [4.78, 5) is 11.8. The lowest BCUT2D eigenvalue weighted by Gasteiger charge is -2.10. The van der Waals surface area contributed by atoms with Crippen molar-refractivity contribution >= 4 is 44.9 Å². The van der Waals surface area contributed by atoms with E-state index in [-0.39, 0.29) is 5.82 Å². The van der Waals surface area contributed by atoms with E-state index in [1.807, 2.05) is 13.0 Å². The molecule has 104 valence electrons. The number of aryl methyl sites for hydroxylation is 1. The SMILES string of the molecule is Cc1cc(Br)c(NC(=O)Nc2ccc(F)cc2)cc1Cl. The van der Waals surface area contributed by atoms with Crippen LogP contribution in [0.4, 0.5) is 20.6 Å². The van der Waals surface area contributed by atoms with Crippen molar-refractivity contribution in [2.45, 2.75) is 6.92 Å². The molecule has 2 rings (SSSR count). The van der Waals surface area contributed by atoms with Gasteiger partial charge in [-0.05, 0) is 64.8 Å². The molecule has 0 aliphatic rings. The predicted molar refractivity (Wildman–Crippen MR) is 82.9 cm³/mol. The summed E-state index contributed by atoms with van der Waals surface area (Å²) < 4.78 is 13.5. The summed E-state index contributed by atoms with van der Waals surface area (Å²) >= 11 is 9.37. The van der Waals surface area contributed by atoms with Crippen molar-refractivity contribution in [3.8, 4) is 0 Å². The molecule has 2 aromatic carbocycles. The fraction of sp³-hybridized carbons (Fsp3) is 0.0714. The molecule has 0 radical (unpaired) electrons. The second kappa shape index (κ2) is 6.24. The van der Waals surface area contributed by atoms with Crippen molar-refractivity contribution < 1.29 is 9.18 Å². The minimum Gasteiger partial charge on any atom is -0.308 e. The lowest BCUT2D eigenvalue weighted by Crippen LogP contribution is -2.19. The molecule has 0 bridgehead atoms. The van der Waals surface area contributed by atoms with E-state index >= 15 is 0 Å². The second-order valence-electron chi connectivity index (χ2n) is 4.17. The molecule has 6 heteroatoms. The molecule has 0 spiro atoms. The van der Waals surface area contributed by atoms with Crippen LogP contribution in [0.2, 0.25) is 5.02 Å². The first-order valence-electron chi connectivity index (χ1n) is 5.75. The van der Waals surface area contributed by atoms with Gasteiger partial charge in [-0.25, -0.2) is 9.18 Å². The Morgan fingerprint density at radius 2 is 1.85 bits per heavy atom. The van der Waals surface area contributed by atoms with Gasteiger partial charge in [-0.15, -0.1) is 0 Å². The van der Waals surface area contributed by atoms with Gasteiger partial charge in [0.15, 0.2) is 0 Å². The zero-order valence-corrected chi connectivity index (χ0v) is 12.8. The molecule has 0 unspecified atom stereocenters. The Balaban J connectivity index is 2.08. The highest BCUT2D eigenvalue weighted by atomic mass is 79.9. The smallest absolute Gasteiger partial charge is 0.308 e. The van der Waals surface area contributed by atoms with Gasteiger partial charge in [0.05, 0.1) is 5.69 Å². The zero-order chi connectivity index (χ0) is 14.7. The summed E-state index contributed by atoms with van der Waals surface area (Å²) in [5.41, 5.74) is 1.96. The number of benzene rings is 2. The number of nitrogens with one attached hydrogen (secondary N) is 2. The van der Waals surface area contributed by atoms with E-state index in [1.54, 1.807) is 6.07 Å². The van der Waals surface area contributed by atoms with E-state index < -0.39 is 6.03 Å². The average molecular weight is 358 g/mol. The van der Waals surface area contributed by atoms with Crippen molar-refractivity contribution in [2.24, 2.45) is 0 Å². The van der Waals surface area contributed by atoms with Crippen molar-refractivity contribution in [2.75, 3.05) is 10.6 Å². The Morgan fingerprint density at radius 1 is 1.20 bits per heavy atom. The average Bonchev–Trinajstić information content (AvgIpc) is 2.39. The van der Waals surface area contributed by atoms with Gasteiger partial charge < -0.3 is 10.6 Å². The fourth-order valence-corrected chi connectivity index (χ4v) is 2.28. The Labute approximate surface area is 129 Å². The first-order chi connectivity index (χ1) is 9.45. The van der Waals surface area contributed by atoms with Crippen LogP contribution in [0.1, 0.15) is 5.56 Å². The third-order valence-corrected chi connectivity index (χ3v) is 3.66. The van der Waals surface area contributed by atoms with Crippen LogP contribution in [0.3, 0.4) is 0 Å². The lowest BCUT2D eigenvalue weighted by atomic mass is 10.2. The second-order valence-corrected chi connectivity index (χ2v) is 5.43. The molecule has 2 N–H and O–H groups in total. The van der Waals surface area contributed by atoms with Crippen LogP contribution in [0, 0.1) is 12.7 Å². The predicted octanol–water partition coefficient (Wildman–Crippen LogP) is 5.19. The molecule has 0 aliphatic carbocycles. The van der Waals surface area contributed by atoms with Crippen LogP contribution in [0.25, 0.3) is 0 Å². The third-order valence-electron chi connectivity index (χ3n) is 2.60. The van der Waals surface area contributed by atoms with Crippen LogP contribution in [0.15, 0.2) is 40.9 Å². The Morgan fingerprint density at radius 3 is 2.50 bits per heavy atom. The molecular weight excluding hydrogens is 347 g/mol. The van der Waals surface area contributed by atoms with E-state index in [0.717, 1.165) is 10.0 Å². The number of anilines is 2. The van der Waals surface area contributed by atoms with Gasteiger partial charge in [-0.3, -0.25) is 0 Å². The Hall–Kier alpha value is -1.59. The van der Waals surface area contributed by atoms with Gasteiger partial charge in [0, 0.05) is 15.2 Å². The third kappa shape index (κ3) is 3.71. The van der Waals surface area contributed by atoms with Gasteiger partial charge in [0.1, 0.15) is 5.82 Å². The van der Waals surface area contributed by atoms with E-state index in [9.17, 15) is 9.18 Å². The normalized spacial score (nSPS) is 10.2. The topological polar surface area (TPSA) is 41.1 Å². The first kappa shape index (κ1) is 14.8. The van der Waals surface area contributed by atoms with Crippen molar-refractivity contribution in [1.82, 2.24) is 0 Å². The summed E-state index contributed by atoms with van der Waals surface area (Å²) in [5.74, 6) is -0.357. The quantitative estimate of drug-likeness (QED) is 0.762. The molecule has 2 amide bonds. The number of carbonyl (C=O) groups excluding carboxylic acids is 1. The molecular formula is C14H11BrClFN2O. The number of carbonyl (C=O) groups is 1. The van der Waals surface area contributed by atoms with E-state index in [1.165, 1.54) is 24.3 Å². The molecule has 0 heterocycles. The molecule has 0 aliphatic heterocycles. The highest BCUT2D eigenvalue weighted by Crippen LogP contribution is 2.29. The molecule has 20 heavy (non-hydrogen) atoms. The maximum Gasteiger partial charge on any atom is 0.323 e. The minimum absolute atomic E-state index is 0.357. The fourth-order valence-electron chi connectivity index (χ4n) is 1.56. The van der Waals surface area contributed by atoms with Crippen LogP contribution in [-0.2, 0) is 0 Å². The highest BCUT2D eigenvalue weighted by molar-refractivity contribution is 9.10. The minimum atomic E-state index is -0.433. The molecule has 3 nitrogen and oxygen atoms in total. The van der Waals surface area contributed by atoms with Gasteiger partial charge in [0.2, 0.25) is 0 Å². The van der Waals surface area contributed by atoms with Gasteiger partial charge in [-0.1, -0.05) is 11.6 Å². The highest BCUT2D eigenvalue weighted by Gasteiger charge is 2.08. The number of urea groups is 1. The summed E-state index contributed by atoms with van der Waals surface area (Å²) in [6, 6.07) is 8.54. The molecule has 0 saturated carbocycles. The molecule has 2 aromatic rings. The molecule has 0 aromatic heterocycles. The summed E-state index contributed by atoms with van der Waals surface area (Å²) in [7, 11) is 0. The van der Waals surface area contributed by atoms with Crippen molar-refractivity contribution in [1.29, 1.82) is 0 Å². The summed E-state index contributed by atoms with van der Waals surface area (Å²) in [6.45, 7) is 1.87. The van der Waals surface area contributed by atoms with Gasteiger partial charge in [-0.2, -0.15) is 0 Å². The number of halogens is 3.